The molecule has 8 nitrogen and oxygen atoms in total. The Hall–Kier alpha value is -4.24. The molecule has 1 heterocycles. The molecule has 0 unspecified atom stereocenters. The van der Waals surface area contributed by atoms with Gasteiger partial charge >= 0.3 is 6.03 Å². The Bertz CT molecular complexity index is 1420. The number of ether oxygens (including phenoxy) is 1. The van der Waals surface area contributed by atoms with Gasteiger partial charge in [0.15, 0.2) is 0 Å². The monoisotopic (exact) mass is 557 g/mol. The van der Waals surface area contributed by atoms with E-state index in [0.717, 1.165) is 46.0 Å². The van der Waals surface area contributed by atoms with Crippen LogP contribution in [0.15, 0.2) is 83.8 Å². The van der Waals surface area contributed by atoms with Gasteiger partial charge in [-0.05, 0) is 73.7 Å². The number of methoxy groups -OCH3 is 1. The Morgan fingerprint density at radius 3 is 2.30 bits per heavy atom. The molecule has 0 fully saturated rings. The summed E-state index contributed by atoms with van der Waals surface area (Å²) in [5.41, 5.74) is 3.99. The lowest BCUT2D eigenvalue weighted by Gasteiger charge is -2.23. The molecule has 0 aliphatic rings. The van der Waals surface area contributed by atoms with E-state index < -0.39 is 0 Å². The van der Waals surface area contributed by atoms with Crippen molar-refractivity contribution in [3.05, 3.63) is 84.6 Å². The summed E-state index contributed by atoms with van der Waals surface area (Å²) in [6, 6.07) is 24.6. The first-order chi connectivity index (χ1) is 19.4. The van der Waals surface area contributed by atoms with Gasteiger partial charge < -0.3 is 20.3 Å². The standard InChI is InChI=1S/C31H35N5O3S/c1-5-6-20-35(31(38)32-24-12-18-27(40-4)19-13-24)21-28(37)33-30-29(23-10-8-7-9-11-23)22(2)34-36(30)25-14-16-26(39-3)17-15-25/h7-19H,5-6,20-21H2,1-4H3,(H,32,38)(H,33,37). The van der Waals surface area contributed by atoms with Crippen LogP contribution in [-0.2, 0) is 4.79 Å². The Morgan fingerprint density at radius 1 is 0.975 bits per heavy atom. The molecule has 0 aliphatic carbocycles. The third kappa shape index (κ3) is 7.04. The van der Waals surface area contributed by atoms with Crippen LogP contribution in [0, 0.1) is 6.92 Å². The highest BCUT2D eigenvalue weighted by molar-refractivity contribution is 7.98. The first-order valence-corrected chi connectivity index (χ1v) is 14.4. The third-order valence-corrected chi connectivity index (χ3v) is 7.19. The lowest BCUT2D eigenvalue weighted by Crippen LogP contribution is -2.41. The van der Waals surface area contributed by atoms with Crippen LogP contribution in [0.3, 0.4) is 0 Å². The summed E-state index contributed by atoms with van der Waals surface area (Å²) in [5.74, 6) is 0.959. The van der Waals surface area contributed by atoms with Crippen molar-refractivity contribution in [2.75, 3.05) is 37.1 Å². The number of aryl methyl sites for hydroxylation is 1. The molecular weight excluding hydrogens is 522 g/mol. The average molecular weight is 558 g/mol. The number of rotatable bonds is 11. The number of hydrogen-bond acceptors (Lipinski definition) is 5. The molecule has 0 atom stereocenters. The molecule has 0 bridgehead atoms. The van der Waals surface area contributed by atoms with Crippen molar-refractivity contribution < 1.29 is 14.3 Å². The predicted molar refractivity (Wildman–Crippen MR) is 163 cm³/mol. The van der Waals surface area contributed by atoms with E-state index in [1.807, 2.05) is 92.0 Å². The highest BCUT2D eigenvalue weighted by Gasteiger charge is 2.23. The Morgan fingerprint density at radius 2 is 1.68 bits per heavy atom. The van der Waals surface area contributed by atoms with Crippen molar-refractivity contribution in [1.29, 1.82) is 0 Å². The maximum atomic E-state index is 13.5. The number of carbonyl (C=O) groups is 2. The van der Waals surface area contributed by atoms with Gasteiger partial charge in [0, 0.05) is 22.7 Å². The first-order valence-electron chi connectivity index (χ1n) is 13.2. The van der Waals surface area contributed by atoms with Gasteiger partial charge in [-0.3, -0.25) is 4.79 Å². The highest BCUT2D eigenvalue weighted by Crippen LogP contribution is 2.33. The van der Waals surface area contributed by atoms with E-state index in [9.17, 15) is 9.59 Å². The largest absolute Gasteiger partial charge is 0.497 e. The number of anilines is 2. The maximum Gasteiger partial charge on any atom is 0.322 e. The van der Waals surface area contributed by atoms with E-state index in [1.54, 1.807) is 28.5 Å². The summed E-state index contributed by atoms with van der Waals surface area (Å²) in [4.78, 5) is 29.4. The highest BCUT2D eigenvalue weighted by atomic mass is 32.2. The van der Waals surface area contributed by atoms with Crippen molar-refractivity contribution in [2.24, 2.45) is 0 Å². The van der Waals surface area contributed by atoms with Crippen LogP contribution in [-0.4, -0.2) is 53.1 Å². The summed E-state index contributed by atoms with van der Waals surface area (Å²) in [6.45, 7) is 4.33. The fourth-order valence-electron chi connectivity index (χ4n) is 4.33. The SMILES string of the molecule is CCCCN(CC(=O)Nc1c(-c2ccccc2)c(C)nn1-c1ccc(OC)cc1)C(=O)Nc1ccc(SC)cc1. The number of amides is 3. The van der Waals surface area contributed by atoms with Gasteiger partial charge in [0.25, 0.3) is 0 Å². The van der Waals surface area contributed by atoms with E-state index >= 15 is 0 Å². The van der Waals surface area contributed by atoms with Gasteiger partial charge in [-0.15, -0.1) is 11.8 Å². The number of urea groups is 1. The van der Waals surface area contributed by atoms with Crippen molar-refractivity contribution in [2.45, 2.75) is 31.6 Å². The van der Waals surface area contributed by atoms with Gasteiger partial charge in [0.2, 0.25) is 5.91 Å². The summed E-state index contributed by atoms with van der Waals surface area (Å²) in [6.07, 6.45) is 3.68. The fourth-order valence-corrected chi connectivity index (χ4v) is 4.73. The minimum Gasteiger partial charge on any atom is -0.497 e. The average Bonchev–Trinajstić information content (AvgIpc) is 3.31. The molecule has 0 spiro atoms. The fraction of sp³-hybridized carbons (Fsp3) is 0.258. The third-order valence-electron chi connectivity index (χ3n) is 6.44. The summed E-state index contributed by atoms with van der Waals surface area (Å²) >= 11 is 1.64. The van der Waals surface area contributed by atoms with Crippen molar-refractivity contribution in [3.63, 3.8) is 0 Å². The normalized spacial score (nSPS) is 10.7. The van der Waals surface area contributed by atoms with Gasteiger partial charge in [-0.1, -0.05) is 43.7 Å². The number of thioether (sulfide) groups is 1. The second kappa shape index (κ2) is 13.7. The van der Waals surface area contributed by atoms with Gasteiger partial charge in [-0.2, -0.15) is 5.10 Å². The van der Waals surface area contributed by atoms with E-state index in [1.165, 1.54) is 0 Å². The topological polar surface area (TPSA) is 88.5 Å². The van der Waals surface area contributed by atoms with Crippen LogP contribution < -0.4 is 15.4 Å². The molecule has 0 saturated heterocycles. The van der Waals surface area contributed by atoms with Crippen LogP contribution in [0.4, 0.5) is 16.3 Å². The molecule has 4 rings (SSSR count). The smallest absolute Gasteiger partial charge is 0.322 e. The number of hydrogen-bond donors (Lipinski definition) is 2. The van der Waals surface area contributed by atoms with Crippen LogP contribution in [0.5, 0.6) is 5.75 Å². The molecule has 1 aromatic heterocycles. The minimum atomic E-state index is -0.316. The number of unbranched alkanes of at least 4 members (excludes halogenated alkanes) is 1. The van der Waals surface area contributed by atoms with Gasteiger partial charge in [0.1, 0.15) is 18.1 Å². The van der Waals surface area contributed by atoms with Gasteiger partial charge in [-0.25, -0.2) is 9.48 Å². The van der Waals surface area contributed by atoms with Crippen LogP contribution >= 0.6 is 11.8 Å². The summed E-state index contributed by atoms with van der Waals surface area (Å²) in [7, 11) is 1.62. The second-order valence-electron chi connectivity index (χ2n) is 9.27. The molecule has 0 radical (unpaired) electrons. The number of nitrogens with one attached hydrogen (secondary N) is 2. The molecule has 4 aromatic rings. The van der Waals surface area contributed by atoms with Crippen LogP contribution in [0.1, 0.15) is 25.5 Å². The van der Waals surface area contributed by atoms with Crippen molar-refractivity contribution in [3.8, 4) is 22.6 Å². The first kappa shape index (κ1) is 28.8. The molecule has 0 saturated carbocycles. The zero-order valence-corrected chi connectivity index (χ0v) is 24.1. The molecule has 2 N–H and O–H groups in total. The maximum absolute atomic E-state index is 13.5. The molecule has 40 heavy (non-hydrogen) atoms. The van der Waals surface area contributed by atoms with E-state index in [2.05, 4.69) is 17.6 Å². The summed E-state index contributed by atoms with van der Waals surface area (Å²) in [5, 5.41) is 10.8. The van der Waals surface area contributed by atoms with Crippen molar-refractivity contribution in [1.82, 2.24) is 14.7 Å². The Labute approximate surface area is 239 Å². The van der Waals surface area contributed by atoms with Crippen LogP contribution in [0.25, 0.3) is 16.8 Å². The quantitative estimate of drug-likeness (QED) is 0.197. The number of aromatic nitrogens is 2. The molecule has 3 amide bonds. The van der Waals surface area contributed by atoms with E-state index in [4.69, 9.17) is 9.84 Å². The zero-order valence-electron chi connectivity index (χ0n) is 23.3. The number of benzene rings is 3. The minimum absolute atomic E-state index is 0.101. The molecule has 9 heteroatoms. The van der Waals surface area contributed by atoms with E-state index in [-0.39, 0.29) is 18.5 Å². The Balaban J connectivity index is 1.61. The van der Waals surface area contributed by atoms with E-state index in [0.29, 0.717) is 18.1 Å². The molecule has 0 aliphatic heterocycles. The second-order valence-corrected chi connectivity index (χ2v) is 10.1. The van der Waals surface area contributed by atoms with Crippen molar-refractivity contribution >= 4 is 35.2 Å². The molecule has 3 aromatic carbocycles. The summed E-state index contributed by atoms with van der Waals surface area (Å²) < 4.78 is 7.03. The lowest BCUT2D eigenvalue weighted by atomic mass is 10.1. The number of nitrogens with zero attached hydrogens (tertiary/aromatic N) is 3. The van der Waals surface area contributed by atoms with Crippen LogP contribution in [0.2, 0.25) is 0 Å². The molecule has 208 valence electrons. The molecular formula is C31H35N5O3S. The predicted octanol–water partition coefficient (Wildman–Crippen LogP) is 6.85. The van der Waals surface area contributed by atoms with Gasteiger partial charge in [0.05, 0.1) is 18.5 Å². The number of carbonyl (C=O) groups excluding carboxylic acids is 2. The Kier molecular flexibility index (Phi) is 9.86. The zero-order chi connectivity index (χ0) is 28.5. The lowest BCUT2D eigenvalue weighted by molar-refractivity contribution is -0.116.